The molecule has 7 nitrogen and oxygen atoms in total. The maximum atomic E-state index is 11.4. The molecule has 2 aromatic rings. The van der Waals surface area contributed by atoms with Crippen LogP contribution in [-0.4, -0.2) is 34.9 Å². The number of fused-ring (bicyclic) bond motifs is 1. The Morgan fingerprint density at radius 2 is 1.89 bits per heavy atom. The highest BCUT2D eigenvalue weighted by Crippen LogP contribution is 2.24. The minimum atomic E-state index is -0.335. The Morgan fingerprint density at radius 3 is 2.63 bits per heavy atom. The molecule has 3 rings (SSSR count). The Hall–Kier alpha value is -2.70. The number of aromatic nitrogens is 2. The molecule has 1 aromatic heterocycles. The first-order valence-electron chi connectivity index (χ1n) is 5.71. The summed E-state index contributed by atoms with van der Waals surface area (Å²) >= 11 is 0. The number of carbonyl (C=O) groups is 2. The van der Waals surface area contributed by atoms with E-state index in [1.165, 1.54) is 6.33 Å². The van der Waals surface area contributed by atoms with E-state index >= 15 is 0 Å². The number of nitrogens with one attached hydrogen (secondary N) is 1. The lowest BCUT2D eigenvalue weighted by Gasteiger charge is -2.27. The van der Waals surface area contributed by atoms with Crippen LogP contribution in [0.5, 0.6) is 0 Å². The number of imide groups is 1. The van der Waals surface area contributed by atoms with Gasteiger partial charge in [-0.3, -0.25) is 14.9 Å². The van der Waals surface area contributed by atoms with Crippen LogP contribution in [0.1, 0.15) is 0 Å². The second-order valence-electron chi connectivity index (χ2n) is 4.30. The maximum Gasteiger partial charge on any atom is 0.246 e. The van der Waals surface area contributed by atoms with Crippen LogP contribution in [0.3, 0.4) is 0 Å². The van der Waals surface area contributed by atoms with E-state index in [-0.39, 0.29) is 24.9 Å². The van der Waals surface area contributed by atoms with Crippen LogP contribution in [0.2, 0.25) is 0 Å². The van der Waals surface area contributed by atoms with Crippen LogP contribution in [0.15, 0.2) is 24.5 Å². The zero-order valence-electron chi connectivity index (χ0n) is 9.96. The molecule has 0 radical (unpaired) electrons. The number of hydrogen-bond acceptors (Lipinski definition) is 6. The lowest BCUT2D eigenvalue weighted by Crippen LogP contribution is -2.51. The van der Waals surface area contributed by atoms with Gasteiger partial charge < -0.3 is 10.6 Å². The summed E-state index contributed by atoms with van der Waals surface area (Å²) in [5, 5.41) is 3.02. The Balaban J connectivity index is 2.09. The minimum Gasteiger partial charge on any atom is -0.399 e. The fraction of sp³-hybridized carbons (Fsp3) is 0.167. The van der Waals surface area contributed by atoms with Gasteiger partial charge in [-0.25, -0.2) is 9.97 Å². The Kier molecular flexibility index (Phi) is 2.52. The van der Waals surface area contributed by atoms with Gasteiger partial charge in [-0.15, -0.1) is 0 Å². The number of carbonyl (C=O) groups excluding carboxylic acids is 2. The summed E-state index contributed by atoms with van der Waals surface area (Å²) < 4.78 is 0. The topological polar surface area (TPSA) is 101 Å². The molecule has 2 heterocycles. The highest BCUT2D eigenvalue weighted by molar-refractivity contribution is 6.04. The van der Waals surface area contributed by atoms with E-state index < -0.39 is 0 Å². The van der Waals surface area contributed by atoms with Crippen LogP contribution in [0.4, 0.5) is 11.5 Å². The van der Waals surface area contributed by atoms with Crippen molar-refractivity contribution >= 4 is 34.2 Å². The zero-order chi connectivity index (χ0) is 13.4. The monoisotopic (exact) mass is 257 g/mol. The summed E-state index contributed by atoms with van der Waals surface area (Å²) in [6.07, 6.45) is 1.40. The number of piperazine rings is 1. The van der Waals surface area contributed by atoms with Crippen LogP contribution in [0, 0.1) is 0 Å². The molecule has 2 amide bonds. The summed E-state index contributed by atoms with van der Waals surface area (Å²) in [6, 6.07) is 5.25. The SMILES string of the molecule is Nc1ccc2c(N3CC(=O)NC(=O)C3)ncnc2c1. The van der Waals surface area contributed by atoms with E-state index in [2.05, 4.69) is 15.3 Å². The molecule has 1 aliphatic rings. The molecule has 0 saturated carbocycles. The van der Waals surface area contributed by atoms with Crippen molar-refractivity contribution in [2.75, 3.05) is 23.7 Å². The number of nitrogens with zero attached hydrogens (tertiary/aromatic N) is 3. The van der Waals surface area contributed by atoms with Gasteiger partial charge >= 0.3 is 0 Å². The van der Waals surface area contributed by atoms with Gasteiger partial charge in [-0.2, -0.15) is 0 Å². The molecule has 96 valence electrons. The number of nitrogen functional groups attached to an aromatic ring is 1. The summed E-state index contributed by atoms with van der Waals surface area (Å²) in [5.41, 5.74) is 6.99. The van der Waals surface area contributed by atoms with Crippen LogP contribution >= 0.6 is 0 Å². The van der Waals surface area contributed by atoms with Gasteiger partial charge in [0, 0.05) is 11.1 Å². The third kappa shape index (κ3) is 2.05. The lowest BCUT2D eigenvalue weighted by atomic mass is 10.2. The molecular weight excluding hydrogens is 246 g/mol. The van der Waals surface area contributed by atoms with Crippen molar-refractivity contribution in [2.24, 2.45) is 0 Å². The molecule has 1 aromatic carbocycles. The summed E-state index contributed by atoms with van der Waals surface area (Å²) in [5.74, 6) is -0.106. The van der Waals surface area contributed by atoms with E-state index in [0.29, 0.717) is 17.0 Å². The number of rotatable bonds is 1. The highest BCUT2D eigenvalue weighted by atomic mass is 16.2. The van der Waals surface area contributed by atoms with Crippen LogP contribution < -0.4 is 16.0 Å². The summed E-state index contributed by atoms with van der Waals surface area (Å²) in [6.45, 7) is 0.199. The van der Waals surface area contributed by atoms with Crippen LogP contribution in [-0.2, 0) is 9.59 Å². The van der Waals surface area contributed by atoms with Gasteiger partial charge in [-0.05, 0) is 18.2 Å². The second-order valence-corrected chi connectivity index (χ2v) is 4.30. The zero-order valence-corrected chi connectivity index (χ0v) is 9.96. The van der Waals surface area contributed by atoms with Gasteiger partial charge in [0.1, 0.15) is 12.1 Å². The first-order valence-corrected chi connectivity index (χ1v) is 5.71. The molecule has 3 N–H and O–H groups in total. The fourth-order valence-electron chi connectivity index (χ4n) is 2.10. The average molecular weight is 257 g/mol. The van der Waals surface area contributed by atoms with E-state index in [1.54, 1.807) is 23.1 Å². The molecule has 0 atom stereocenters. The minimum absolute atomic E-state index is 0.0994. The molecule has 1 fully saturated rings. The third-order valence-corrected chi connectivity index (χ3v) is 2.89. The van der Waals surface area contributed by atoms with Gasteiger partial charge in [0.2, 0.25) is 11.8 Å². The molecule has 1 aliphatic heterocycles. The standard InChI is InChI=1S/C12H11N5O2/c13-7-1-2-8-9(3-7)14-6-15-12(8)17-4-10(18)16-11(19)5-17/h1-3,6H,4-5,13H2,(H,16,18,19). The molecule has 0 spiro atoms. The molecule has 0 unspecified atom stereocenters. The van der Waals surface area contributed by atoms with Gasteiger partial charge in [0.25, 0.3) is 0 Å². The maximum absolute atomic E-state index is 11.4. The molecular formula is C12H11N5O2. The van der Waals surface area contributed by atoms with Gasteiger partial charge in [0.05, 0.1) is 18.6 Å². The van der Waals surface area contributed by atoms with Crippen molar-refractivity contribution in [1.82, 2.24) is 15.3 Å². The number of anilines is 2. The Labute approximate surface area is 108 Å². The Bertz CT molecular complexity index is 669. The fourth-order valence-corrected chi connectivity index (χ4v) is 2.10. The quantitative estimate of drug-likeness (QED) is 0.536. The predicted octanol–water partition coefficient (Wildman–Crippen LogP) is -0.325. The molecule has 7 heteroatoms. The Morgan fingerprint density at radius 1 is 1.16 bits per heavy atom. The third-order valence-electron chi connectivity index (χ3n) is 2.89. The number of nitrogens with two attached hydrogens (primary N) is 1. The molecule has 0 aliphatic carbocycles. The van der Waals surface area contributed by atoms with Crippen molar-refractivity contribution in [3.05, 3.63) is 24.5 Å². The largest absolute Gasteiger partial charge is 0.399 e. The summed E-state index contributed by atoms with van der Waals surface area (Å²) in [4.78, 5) is 32.8. The van der Waals surface area contributed by atoms with Gasteiger partial charge in [-0.1, -0.05) is 0 Å². The number of amides is 2. The van der Waals surface area contributed by atoms with Crippen molar-refractivity contribution in [3.63, 3.8) is 0 Å². The molecule has 1 saturated heterocycles. The van der Waals surface area contributed by atoms with E-state index in [9.17, 15) is 9.59 Å². The van der Waals surface area contributed by atoms with Crippen molar-refractivity contribution in [3.8, 4) is 0 Å². The van der Waals surface area contributed by atoms with Gasteiger partial charge in [0.15, 0.2) is 0 Å². The smallest absolute Gasteiger partial charge is 0.246 e. The lowest BCUT2D eigenvalue weighted by molar-refractivity contribution is -0.130. The highest BCUT2D eigenvalue weighted by Gasteiger charge is 2.24. The van der Waals surface area contributed by atoms with E-state index in [4.69, 9.17) is 5.73 Å². The molecule has 19 heavy (non-hydrogen) atoms. The first kappa shape index (κ1) is 11.4. The van der Waals surface area contributed by atoms with E-state index in [0.717, 1.165) is 5.39 Å². The normalized spacial score (nSPS) is 15.7. The average Bonchev–Trinajstić information content (AvgIpc) is 2.36. The second kappa shape index (κ2) is 4.20. The molecule has 0 bridgehead atoms. The van der Waals surface area contributed by atoms with Crippen molar-refractivity contribution in [1.29, 1.82) is 0 Å². The number of hydrogen-bond donors (Lipinski definition) is 2. The predicted molar refractivity (Wildman–Crippen MR) is 69.3 cm³/mol. The van der Waals surface area contributed by atoms with Crippen LogP contribution in [0.25, 0.3) is 10.9 Å². The summed E-state index contributed by atoms with van der Waals surface area (Å²) in [7, 11) is 0. The number of benzene rings is 1. The van der Waals surface area contributed by atoms with Crippen molar-refractivity contribution in [2.45, 2.75) is 0 Å². The van der Waals surface area contributed by atoms with E-state index in [1.807, 2.05) is 0 Å². The first-order chi connectivity index (χ1) is 9.13. The van der Waals surface area contributed by atoms with Crippen molar-refractivity contribution < 1.29 is 9.59 Å².